The van der Waals surface area contributed by atoms with Gasteiger partial charge in [-0.1, -0.05) is 0 Å². The summed E-state index contributed by atoms with van der Waals surface area (Å²) < 4.78 is 36.0. The maximum absolute atomic E-state index is 12.0. The lowest BCUT2D eigenvalue weighted by molar-refractivity contribution is -0.186. The number of hydrogen-bond donors (Lipinski definition) is 0. The molecule has 4 nitrogen and oxygen atoms in total. The molecular formula is C8H9F3N2O2. The minimum atomic E-state index is -4.82. The number of hydrogen-bond acceptors (Lipinski definition) is 3. The van der Waals surface area contributed by atoms with Crippen molar-refractivity contribution in [1.29, 1.82) is 0 Å². The molecule has 7 heteroatoms. The molecule has 15 heavy (non-hydrogen) atoms. The molecule has 0 N–H and O–H groups in total. The van der Waals surface area contributed by atoms with Gasteiger partial charge in [0, 0.05) is 13.1 Å². The molecule has 0 aromatic rings. The largest absolute Gasteiger partial charge is 0.471 e. The fraction of sp³-hybridized carbons (Fsp3) is 0.750. The van der Waals surface area contributed by atoms with Gasteiger partial charge in [-0.05, 0) is 12.8 Å². The van der Waals surface area contributed by atoms with Crippen LogP contribution < -0.4 is 0 Å². The number of aliphatic imine (C=N–C) groups is 1. The van der Waals surface area contributed by atoms with Crippen LogP contribution in [0.4, 0.5) is 13.2 Å². The monoisotopic (exact) mass is 222 g/mol. The minimum absolute atomic E-state index is 0.0197. The molecule has 0 atom stereocenters. The van der Waals surface area contributed by atoms with Gasteiger partial charge < -0.3 is 4.90 Å². The second-order valence-corrected chi connectivity index (χ2v) is 3.24. The first-order valence-corrected chi connectivity index (χ1v) is 4.38. The Hall–Kier alpha value is -1.36. The second kappa shape index (κ2) is 4.44. The SMILES string of the molecule is O=C=NC1CCN(C(=O)C(F)(F)F)CC1. The molecule has 1 rings (SSSR count). The summed E-state index contributed by atoms with van der Waals surface area (Å²) in [4.78, 5) is 24.8. The van der Waals surface area contributed by atoms with Crippen molar-refractivity contribution in [1.82, 2.24) is 4.90 Å². The summed E-state index contributed by atoms with van der Waals surface area (Å²) in [5.41, 5.74) is 0. The minimum Gasteiger partial charge on any atom is -0.335 e. The predicted octanol–water partition coefficient (Wildman–Crippen LogP) is 0.875. The molecule has 0 aromatic carbocycles. The van der Waals surface area contributed by atoms with Gasteiger partial charge in [0.15, 0.2) is 0 Å². The highest BCUT2D eigenvalue weighted by atomic mass is 19.4. The molecular weight excluding hydrogens is 213 g/mol. The third-order valence-corrected chi connectivity index (χ3v) is 2.23. The third-order valence-electron chi connectivity index (χ3n) is 2.23. The molecule has 1 saturated heterocycles. The zero-order chi connectivity index (χ0) is 11.5. The number of likely N-dealkylation sites (tertiary alicyclic amines) is 1. The molecule has 0 spiro atoms. The average molecular weight is 222 g/mol. The van der Waals surface area contributed by atoms with E-state index in [2.05, 4.69) is 4.99 Å². The number of rotatable bonds is 1. The fourth-order valence-corrected chi connectivity index (χ4v) is 1.45. The Balaban J connectivity index is 2.51. The number of carbonyl (C=O) groups is 1. The van der Waals surface area contributed by atoms with E-state index in [1.54, 1.807) is 0 Å². The molecule has 1 heterocycles. The van der Waals surface area contributed by atoms with Gasteiger partial charge in [-0.3, -0.25) is 4.79 Å². The predicted molar refractivity (Wildman–Crippen MR) is 43.8 cm³/mol. The maximum atomic E-state index is 12.0. The first-order valence-electron chi connectivity index (χ1n) is 4.38. The lowest BCUT2D eigenvalue weighted by Crippen LogP contribution is -2.46. The van der Waals surface area contributed by atoms with E-state index >= 15 is 0 Å². The van der Waals surface area contributed by atoms with Crippen LogP contribution in [0.1, 0.15) is 12.8 Å². The summed E-state index contributed by atoms with van der Waals surface area (Å²) in [5.74, 6) is -1.82. The van der Waals surface area contributed by atoms with Gasteiger partial charge in [-0.15, -0.1) is 0 Å². The molecule has 0 radical (unpaired) electrons. The maximum Gasteiger partial charge on any atom is 0.471 e. The van der Waals surface area contributed by atoms with Gasteiger partial charge in [0.1, 0.15) is 0 Å². The zero-order valence-corrected chi connectivity index (χ0v) is 7.75. The normalized spacial score (nSPS) is 18.5. The van der Waals surface area contributed by atoms with Gasteiger partial charge in [-0.2, -0.15) is 13.2 Å². The van der Waals surface area contributed by atoms with Gasteiger partial charge in [0.2, 0.25) is 6.08 Å². The number of amides is 1. The smallest absolute Gasteiger partial charge is 0.335 e. The first-order chi connectivity index (χ1) is 6.95. The van der Waals surface area contributed by atoms with Crippen molar-refractivity contribution in [3.8, 4) is 0 Å². The van der Waals surface area contributed by atoms with Crippen LogP contribution >= 0.6 is 0 Å². The third kappa shape index (κ3) is 3.06. The lowest BCUT2D eigenvalue weighted by atomic mass is 10.1. The molecule has 0 unspecified atom stereocenters. The lowest BCUT2D eigenvalue weighted by Gasteiger charge is -2.29. The van der Waals surface area contributed by atoms with E-state index in [1.165, 1.54) is 6.08 Å². The zero-order valence-electron chi connectivity index (χ0n) is 7.75. The van der Waals surface area contributed by atoms with E-state index in [-0.39, 0.29) is 32.0 Å². The Morgan fingerprint density at radius 3 is 2.27 bits per heavy atom. The number of halogens is 3. The molecule has 0 saturated carbocycles. The van der Waals surface area contributed by atoms with E-state index in [1.807, 2.05) is 0 Å². The number of alkyl halides is 3. The van der Waals surface area contributed by atoms with Crippen LogP contribution in [0, 0.1) is 0 Å². The highest BCUT2D eigenvalue weighted by Gasteiger charge is 2.43. The molecule has 1 aliphatic rings. The number of piperidine rings is 1. The van der Waals surface area contributed by atoms with Crippen molar-refractivity contribution in [3.63, 3.8) is 0 Å². The Bertz CT molecular complexity index is 289. The van der Waals surface area contributed by atoms with E-state index in [0.29, 0.717) is 0 Å². The summed E-state index contributed by atoms with van der Waals surface area (Å²) in [7, 11) is 0. The number of nitrogens with zero attached hydrogens (tertiary/aromatic N) is 2. The van der Waals surface area contributed by atoms with E-state index in [9.17, 15) is 22.8 Å². The molecule has 1 amide bonds. The molecule has 1 fully saturated rings. The fourth-order valence-electron chi connectivity index (χ4n) is 1.45. The van der Waals surface area contributed by atoms with Gasteiger partial charge in [-0.25, -0.2) is 9.79 Å². The quantitative estimate of drug-likeness (QED) is 0.488. The first kappa shape index (κ1) is 11.7. The molecule has 0 aromatic heterocycles. The summed E-state index contributed by atoms with van der Waals surface area (Å²) in [5, 5.41) is 0. The van der Waals surface area contributed by atoms with Gasteiger partial charge in [0.25, 0.3) is 0 Å². The van der Waals surface area contributed by atoms with Crippen LogP contribution in [0.2, 0.25) is 0 Å². The van der Waals surface area contributed by atoms with Crippen LogP contribution in [0.25, 0.3) is 0 Å². The average Bonchev–Trinajstić information content (AvgIpc) is 2.17. The molecule has 1 aliphatic heterocycles. The summed E-state index contributed by atoms with van der Waals surface area (Å²) in [6.45, 7) is -0.0393. The van der Waals surface area contributed by atoms with E-state index in [0.717, 1.165) is 4.90 Å². The van der Waals surface area contributed by atoms with Crippen molar-refractivity contribution in [2.24, 2.45) is 4.99 Å². The van der Waals surface area contributed by atoms with Gasteiger partial charge >= 0.3 is 12.1 Å². The Morgan fingerprint density at radius 1 is 1.33 bits per heavy atom. The summed E-state index contributed by atoms with van der Waals surface area (Å²) >= 11 is 0. The summed E-state index contributed by atoms with van der Waals surface area (Å²) in [6.07, 6.45) is -2.91. The second-order valence-electron chi connectivity index (χ2n) is 3.24. The molecule has 84 valence electrons. The van der Waals surface area contributed by atoms with Crippen molar-refractivity contribution >= 4 is 12.0 Å². The molecule has 0 aliphatic carbocycles. The topological polar surface area (TPSA) is 49.7 Å². The van der Waals surface area contributed by atoms with Crippen LogP contribution in [0.3, 0.4) is 0 Å². The van der Waals surface area contributed by atoms with Crippen molar-refractivity contribution < 1.29 is 22.8 Å². The van der Waals surface area contributed by atoms with Gasteiger partial charge in [0.05, 0.1) is 6.04 Å². The van der Waals surface area contributed by atoms with Crippen molar-refractivity contribution in [3.05, 3.63) is 0 Å². The van der Waals surface area contributed by atoms with E-state index in [4.69, 9.17) is 0 Å². The Kier molecular flexibility index (Phi) is 3.47. The van der Waals surface area contributed by atoms with Crippen molar-refractivity contribution in [2.45, 2.75) is 25.1 Å². The Morgan fingerprint density at radius 2 is 1.87 bits per heavy atom. The Labute approximate surface area is 83.8 Å². The molecule has 0 bridgehead atoms. The number of isocyanates is 1. The highest BCUT2D eigenvalue weighted by molar-refractivity contribution is 5.81. The van der Waals surface area contributed by atoms with Crippen molar-refractivity contribution in [2.75, 3.05) is 13.1 Å². The van der Waals surface area contributed by atoms with Crippen LogP contribution in [0.15, 0.2) is 4.99 Å². The number of carbonyl (C=O) groups excluding carboxylic acids is 2. The standard InChI is InChI=1S/C8H9F3N2O2/c9-8(10,11)7(15)13-3-1-6(2-4-13)12-5-14/h6H,1-4H2. The summed E-state index contributed by atoms with van der Waals surface area (Å²) in [6, 6.07) is -0.306. The van der Waals surface area contributed by atoms with Crippen LogP contribution in [-0.4, -0.2) is 42.2 Å². The van der Waals surface area contributed by atoms with Crippen LogP contribution in [-0.2, 0) is 9.59 Å². The van der Waals surface area contributed by atoms with E-state index < -0.39 is 12.1 Å². The van der Waals surface area contributed by atoms with Crippen LogP contribution in [0.5, 0.6) is 0 Å². The highest BCUT2D eigenvalue weighted by Crippen LogP contribution is 2.22.